The molecule has 1 aliphatic rings. The summed E-state index contributed by atoms with van der Waals surface area (Å²) in [6.45, 7) is 0. The van der Waals surface area contributed by atoms with Gasteiger partial charge in [0.2, 0.25) is 5.91 Å². The van der Waals surface area contributed by atoms with Crippen LogP contribution < -0.4 is 5.32 Å². The molecule has 0 saturated heterocycles. The molecule has 2 N–H and O–H groups in total. The van der Waals surface area contributed by atoms with E-state index in [0.29, 0.717) is 5.69 Å². The number of hydrogen-bond donors (Lipinski definition) is 2. The Morgan fingerprint density at radius 1 is 1.14 bits per heavy atom. The van der Waals surface area contributed by atoms with Crippen LogP contribution in [-0.4, -0.2) is 22.0 Å². The van der Waals surface area contributed by atoms with Crippen molar-refractivity contribution in [2.24, 2.45) is 5.92 Å². The van der Waals surface area contributed by atoms with Crippen molar-refractivity contribution in [2.75, 3.05) is 5.32 Å². The first-order chi connectivity index (χ1) is 10.1. The summed E-state index contributed by atoms with van der Waals surface area (Å²) in [5, 5.41) is 11.7. The van der Waals surface area contributed by atoms with Crippen LogP contribution in [0.3, 0.4) is 0 Å². The molecule has 0 bridgehead atoms. The number of carboxylic acids is 1. The molecule has 1 aliphatic carbocycles. The molecule has 0 spiro atoms. The molecule has 1 aromatic carbocycles. The zero-order valence-corrected chi connectivity index (χ0v) is 11.2. The number of rotatable bonds is 3. The van der Waals surface area contributed by atoms with Crippen LogP contribution in [0, 0.1) is 5.92 Å². The van der Waals surface area contributed by atoms with Gasteiger partial charge in [-0.3, -0.25) is 4.79 Å². The fraction of sp³-hybridized carbons (Fsp3) is 0.188. The molecule has 5 heteroatoms. The average Bonchev–Trinajstić information content (AvgIpc) is 2.91. The van der Waals surface area contributed by atoms with Crippen molar-refractivity contribution >= 4 is 17.6 Å². The molecule has 0 fully saturated rings. The lowest BCUT2D eigenvalue weighted by Gasteiger charge is -2.10. The molecule has 0 atom stereocenters. The van der Waals surface area contributed by atoms with Crippen molar-refractivity contribution in [3.05, 3.63) is 59.4 Å². The number of carboxylic acid groups (broad SMARTS) is 1. The lowest BCUT2D eigenvalue weighted by atomic mass is 10.1. The maximum absolute atomic E-state index is 12.3. The predicted octanol–water partition coefficient (Wildman–Crippen LogP) is 2.13. The summed E-state index contributed by atoms with van der Waals surface area (Å²) >= 11 is 0. The molecule has 21 heavy (non-hydrogen) atoms. The van der Waals surface area contributed by atoms with E-state index < -0.39 is 5.97 Å². The zero-order valence-electron chi connectivity index (χ0n) is 11.2. The number of aromatic carboxylic acids is 1. The van der Waals surface area contributed by atoms with Crippen molar-refractivity contribution < 1.29 is 14.7 Å². The van der Waals surface area contributed by atoms with E-state index in [1.54, 1.807) is 6.07 Å². The Bertz CT molecular complexity index is 687. The highest BCUT2D eigenvalue weighted by atomic mass is 16.4. The highest BCUT2D eigenvalue weighted by Crippen LogP contribution is 2.27. The first-order valence-electron chi connectivity index (χ1n) is 6.70. The molecule has 0 radical (unpaired) electrons. The van der Waals surface area contributed by atoms with Gasteiger partial charge in [-0.1, -0.05) is 24.3 Å². The van der Waals surface area contributed by atoms with Crippen molar-refractivity contribution in [1.82, 2.24) is 4.98 Å². The van der Waals surface area contributed by atoms with Gasteiger partial charge >= 0.3 is 5.97 Å². The third kappa shape index (κ3) is 2.76. The molecule has 0 unspecified atom stereocenters. The first kappa shape index (κ1) is 13.3. The summed E-state index contributed by atoms with van der Waals surface area (Å²) < 4.78 is 0. The van der Waals surface area contributed by atoms with Crippen LogP contribution in [0.4, 0.5) is 5.69 Å². The van der Waals surface area contributed by atoms with Gasteiger partial charge in [-0.25, -0.2) is 9.78 Å². The Morgan fingerprint density at radius 2 is 1.81 bits per heavy atom. The number of pyridine rings is 1. The minimum absolute atomic E-state index is 0.0810. The summed E-state index contributed by atoms with van der Waals surface area (Å²) in [5.74, 6) is -1.31. The van der Waals surface area contributed by atoms with E-state index in [-0.39, 0.29) is 17.5 Å². The molecule has 2 aromatic rings. The number of aromatic nitrogens is 1. The van der Waals surface area contributed by atoms with Gasteiger partial charge in [-0.2, -0.15) is 0 Å². The van der Waals surface area contributed by atoms with E-state index in [2.05, 4.69) is 10.3 Å². The topological polar surface area (TPSA) is 79.3 Å². The van der Waals surface area contributed by atoms with Crippen LogP contribution in [-0.2, 0) is 17.6 Å². The van der Waals surface area contributed by atoms with E-state index >= 15 is 0 Å². The van der Waals surface area contributed by atoms with E-state index in [1.165, 1.54) is 23.4 Å². The largest absolute Gasteiger partial charge is 0.477 e. The van der Waals surface area contributed by atoms with Crippen LogP contribution in [0.5, 0.6) is 0 Å². The fourth-order valence-corrected chi connectivity index (χ4v) is 2.61. The highest BCUT2D eigenvalue weighted by molar-refractivity contribution is 5.94. The zero-order chi connectivity index (χ0) is 14.8. The Hall–Kier alpha value is -2.69. The molecule has 106 valence electrons. The summed E-state index contributed by atoms with van der Waals surface area (Å²) in [4.78, 5) is 26.9. The highest BCUT2D eigenvalue weighted by Gasteiger charge is 2.27. The SMILES string of the molecule is O=C(O)c1cc(NC(=O)C2Cc3ccccc3C2)ccn1. The molecule has 0 saturated carbocycles. The number of benzene rings is 1. The quantitative estimate of drug-likeness (QED) is 0.904. The summed E-state index contributed by atoms with van der Waals surface area (Å²) in [6.07, 6.45) is 2.82. The number of nitrogens with zero attached hydrogens (tertiary/aromatic N) is 1. The predicted molar refractivity (Wildman–Crippen MR) is 77.2 cm³/mol. The number of anilines is 1. The number of hydrogen-bond acceptors (Lipinski definition) is 3. The molecule has 1 heterocycles. The first-order valence-corrected chi connectivity index (χ1v) is 6.70. The lowest BCUT2D eigenvalue weighted by Crippen LogP contribution is -2.23. The van der Waals surface area contributed by atoms with Crippen molar-refractivity contribution in [1.29, 1.82) is 0 Å². The minimum Gasteiger partial charge on any atom is -0.477 e. The number of carbonyl (C=O) groups is 2. The van der Waals surface area contributed by atoms with Gasteiger partial charge in [-0.05, 0) is 36.1 Å². The van der Waals surface area contributed by atoms with Crippen LogP contribution >= 0.6 is 0 Å². The van der Waals surface area contributed by atoms with E-state index in [0.717, 1.165) is 12.8 Å². The van der Waals surface area contributed by atoms with Crippen LogP contribution in [0.15, 0.2) is 42.6 Å². The summed E-state index contributed by atoms with van der Waals surface area (Å²) in [6, 6.07) is 11.0. The third-order valence-corrected chi connectivity index (χ3v) is 3.67. The van der Waals surface area contributed by atoms with Gasteiger partial charge in [0.1, 0.15) is 5.69 Å². The van der Waals surface area contributed by atoms with Gasteiger partial charge < -0.3 is 10.4 Å². The van der Waals surface area contributed by atoms with Gasteiger partial charge in [0, 0.05) is 17.8 Å². The number of amides is 1. The fourth-order valence-electron chi connectivity index (χ4n) is 2.61. The van der Waals surface area contributed by atoms with Crippen molar-refractivity contribution in [3.63, 3.8) is 0 Å². The maximum atomic E-state index is 12.3. The number of fused-ring (bicyclic) bond motifs is 1. The van der Waals surface area contributed by atoms with E-state index in [1.807, 2.05) is 24.3 Å². The van der Waals surface area contributed by atoms with Gasteiger partial charge in [0.05, 0.1) is 0 Å². The normalized spacial score (nSPS) is 13.7. The monoisotopic (exact) mass is 282 g/mol. The van der Waals surface area contributed by atoms with Gasteiger partial charge in [0.25, 0.3) is 0 Å². The molecule has 0 aliphatic heterocycles. The Morgan fingerprint density at radius 3 is 2.43 bits per heavy atom. The van der Waals surface area contributed by atoms with Crippen LogP contribution in [0.2, 0.25) is 0 Å². The van der Waals surface area contributed by atoms with E-state index in [4.69, 9.17) is 5.11 Å². The van der Waals surface area contributed by atoms with Gasteiger partial charge in [0.15, 0.2) is 0 Å². The van der Waals surface area contributed by atoms with Crippen LogP contribution in [0.1, 0.15) is 21.6 Å². The minimum atomic E-state index is -1.11. The molecule has 3 rings (SSSR count). The Labute approximate surface area is 121 Å². The standard InChI is InChI=1S/C16H14N2O3/c19-15(12-7-10-3-1-2-4-11(10)8-12)18-13-5-6-17-14(9-13)16(20)21/h1-6,9,12H,7-8H2,(H,20,21)(H,17,18,19). The van der Waals surface area contributed by atoms with E-state index in [9.17, 15) is 9.59 Å². The second-order valence-electron chi connectivity index (χ2n) is 5.10. The maximum Gasteiger partial charge on any atom is 0.354 e. The van der Waals surface area contributed by atoms with Crippen molar-refractivity contribution in [2.45, 2.75) is 12.8 Å². The molecule has 1 amide bonds. The average molecular weight is 282 g/mol. The third-order valence-electron chi connectivity index (χ3n) is 3.67. The second kappa shape index (κ2) is 5.36. The van der Waals surface area contributed by atoms with Gasteiger partial charge in [-0.15, -0.1) is 0 Å². The Balaban J connectivity index is 1.71. The summed E-state index contributed by atoms with van der Waals surface area (Å²) in [7, 11) is 0. The molecular weight excluding hydrogens is 268 g/mol. The molecule has 5 nitrogen and oxygen atoms in total. The summed E-state index contributed by atoms with van der Waals surface area (Å²) in [5.41, 5.74) is 2.79. The Kier molecular flexibility index (Phi) is 3.39. The lowest BCUT2D eigenvalue weighted by molar-refractivity contribution is -0.119. The van der Waals surface area contributed by atoms with Crippen LogP contribution in [0.25, 0.3) is 0 Å². The second-order valence-corrected chi connectivity index (χ2v) is 5.10. The smallest absolute Gasteiger partial charge is 0.354 e. The molecular formula is C16H14N2O3. The molecule has 1 aromatic heterocycles. The number of carbonyl (C=O) groups excluding carboxylic acids is 1. The number of nitrogens with one attached hydrogen (secondary N) is 1. The van der Waals surface area contributed by atoms with Crippen molar-refractivity contribution in [3.8, 4) is 0 Å².